The molecule has 0 spiro atoms. The molecule has 108 valence electrons. The molecule has 0 fully saturated rings. The van der Waals surface area contributed by atoms with E-state index in [4.69, 9.17) is 14.9 Å². The number of rotatable bonds is 5. The van der Waals surface area contributed by atoms with Crippen LogP contribution in [0.3, 0.4) is 0 Å². The molecule has 1 heterocycles. The number of H-pyrrole nitrogens is 1. The van der Waals surface area contributed by atoms with E-state index in [1.165, 1.54) is 6.92 Å². The van der Waals surface area contributed by atoms with Crippen LogP contribution >= 0.6 is 0 Å². The van der Waals surface area contributed by atoms with E-state index in [0.29, 0.717) is 6.08 Å². The Balaban J connectivity index is 3.45. The molecule has 0 aromatic carbocycles. The quantitative estimate of drug-likeness (QED) is 0.271. The molecular weight excluding hydrogens is 270 g/mol. The third-order valence-electron chi connectivity index (χ3n) is 2.43. The Morgan fingerprint density at radius 2 is 1.80 bits per heavy atom. The molecule has 1 aromatic heterocycles. The van der Waals surface area contributed by atoms with E-state index in [1.54, 1.807) is 6.92 Å². The minimum Gasteiger partial charge on any atom is -0.494 e. The molecule has 0 amide bonds. The van der Waals surface area contributed by atoms with E-state index in [2.05, 4.69) is 4.98 Å². The minimum absolute atomic E-state index is 0.0814. The van der Waals surface area contributed by atoms with E-state index < -0.39 is 29.4 Å². The summed E-state index contributed by atoms with van der Waals surface area (Å²) in [6.45, 7) is 3.12. The second-order valence-corrected chi connectivity index (χ2v) is 3.78. The lowest BCUT2D eigenvalue weighted by molar-refractivity contribution is -0.140. The van der Waals surface area contributed by atoms with Gasteiger partial charge in [-0.2, -0.15) is 0 Å². The molecule has 20 heavy (non-hydrogen) atoms. The molecule has 1 aromatic rings. The lowest BCUT2D eigenvalue weighted by Gasteiger charge is -2.03. The molecule has 0 aliphatic rings. The summed E-state index contributed by atoms with van der Waals surface area (Å²) < 4.78 is 4.77. The predicted molar refractivity (Wildman–Crippen MR) is 66.4 cm³/mol. The lowest BCUT2D eigenvalue weighted by atomic mass is 10.1. The highest BCUT2D eigenvalue weighted by Gasteiger charge is 2.24. The number of carboxylic acids is 2. The Labute approximate surface area is 113 Å². The summed E-state index contributed by atoms with van der Waals surface area (Å²) in [4.78, 5) is 35.8. The topological polar surface area (TPSA) is 137 Å². The molecule has 0 radical (unpaired) electrons. The number of esters is 1. The van der Waals surface area contributed by atoms with Crippen molar-refractivity contribution in [2.75, 3.05) is 6.61 Å². The number of nitrogens with one attached hydrogen (secondary N) is 1. The summed E-state index contributed by atoms with van der Waals surface area (Å²) in [7, 11) is 0. The lowest BCUT2D eigenvalue weighted by Crippen LogP contribution is -2.12. The maximum absolute atomic E-state index is 11.7. The van der Waals surface area contributed by atoms with Crippen molar-refractivity contribution >= 4 is 24.0 Å². The molecule has 0 atom stereocenters. The highest BCUT2D eigenvalue weighted by Crippen LogP contribution is 2.27. The van der Waals surface area contributed by atoms with Crippen molar-refractivity contribution in [3.63, 3.8) is 0 Å². The molecule has 0 saturated carbocycles. The zero-order valence-electron chi connectivity index (χ0n) is 10.8. The fourth-order valence-corrected chi connectivity index (χ4v) is 1.59. The number of carboxylic acid groups (broad SMARTS) is 2. The Hall–Kier alpha value is -2.77. The van der Waals surface area contributed by atoms with Crippen LogP contribution in [0.1, 0.15) is 28.5 Å². The second-order valence-electron chi connectivity index (χ2n) is 3.78. The van der Waals surface area contributed by atoms with Gasteiger partial charge < -0.3 is 25.0 Å². The van der Waals surface area contributed by atoms with Gasteiger partial charge in [0, 0.05) is 5.69 Å². The number of hydrogen-bond donors (Lipinski definition) is 4. The summed E-state index contributed by atoms with van der Waals surface area (Å²) in [6.07, 6.45) is 0.704. The molecular formula is C12H13NO7. The smallest absolute Gasteiger partial charge is 0.343 e. The Kier molecular flexibility index (Phi) is 4.52. The normalized spacial score (nSPS) is 9.90. The van der Waals surface area contributed by atoms with Gasteiger partial charge in [-0.25, -0.2) is 14.4 Å². The average Bonchev–Trinajstić information content (AvgIpc) is 2.60. The van der Waals surface area contributed by atoms with Crippen molar-refractivity contribution in [2.45, 2.75) is 13.8 Å². The van der Waals surface area contributed by atoms with E-state index >= 15 is 0 Å². The first-order chi connectivity index (χ1) is 9.29. The molecule has 0 bridgehead atoms. The number of aliphatic carboxylic acids is 2. The van der Waals surface area contributed by atoms with E-state index in [0.717, 1.165) is 0 Å². The number of aryl methyl sites for hydroxylation is 1. The maximum atomic E-state index is 11.7. The number of aromatic hydroxyl groups is 1. The van der Waals surface area contributed by atoms with Crippen LogP contribution in [0.4, 0.5) is 0 Å². The van der Waals surface area contributed by atoms with Gasteiger partial charge >= 0.3 is 17.9 Å². The van der Waals surface area contributed by atoms with Gasteiger partial charge in [0.05, 0.1) is 17.7 Å². The fraction of sp³-hybridized carbons (Fsp3) is 0.250. The Morgan fingerprint density at radius 3 is 2.25 bits per heavy atom. The molecule has 4 N–H and O–H groups in total. The Bertz CT molecular complexity index is 581. The highest BCUT2D eigenvalue weighted by atomic mass is 16.5. The zero-order valence-corrected chi connectivity index (χ0v) is 10.8. The van der Waals surface area contributed by atoms with Crippen LogP contribution in [0.25, 0.3) is 6.08 Å². The third-order valence-corrected chi connectivity index (χ3v) is 2.43. The summed E-state index contributed by atoms with van der Waals surface area (Å²) in [5, 5.41) is 27.2. The summed E-state index contributed by atoms with van der Waals surface area (Å²) in [5.41, 5.74) is -1.09. The first-order valence-electron chi connectivity index (χ1n) is 5.56. The molecule has 0 unspecified atom stereocenters. The van der Waals surface area contributed by atoms with Crippen LogP contribution in [0, 0.1) is 6.92 Å². The van der Waals surface area contributed by atoms with Gasteiger partial charge in [0.15, 0.2) is 5.88 Å². The third kappa shape index (κ3) is 2.97. The SMILES string of the molecule is CCOC(=O)c1c(C)[nH]c(O)c1C=C(C(=O)O)C(=O)O. The van der Waals surface area contributed by atoms with Crippen molar-refractivity contribution in [2.24, 2.45) is 0 Å². The van der Waals surface area contributed by atoms with Gasteiger partial charge in [-0.3, -0.25) is 0 Å². The number of carbonyl (C=O) groups is 3. The van der Waals surface area contributed by atoms with Crippen molar-refractivity contribution in [3.8, 4) is 5.88 Å². The monoisotopic (exact) mass is 283 g/mol. The van der Waals surface area contributed by atoms with Crippen molar-refractivity contribution < 1.29 is 34.4 Å². The van der Waals surface area contributed by atoms with Crippen LogP contribution < -0.4 is 0 Å². The van der Waals surface area contributed by atoms with Crippen LogP contribution in [0.5, 0.6) is 5.88 Å². The van der Waals surface area contributed by atoms with Gasteiger partial charge in [-0.1, -0.05) is 0 Å². The summed E-state index contributed by atoms with van der Waals surface area (Å²) in [6, 6.07) is 0. The predicted octanol–water partition coefficient (Wildman–Crippen LogP) is 0.758. The van der Waals surface area contributed by atoms with Crippen LogP contribution in [0.2, 0.25) is 0 Å². The molecule has 8 nitrogen and oxygen atoms in total. The number of ether oxygens (including phenoxy) is 1. The number of hydrogen-bond acceptors (Lipinski definition) is 5. The highest BCUT2D eigenvalue weighted by molar-refractivity contribution is 6.17. The molecule has 0 saturated heterocycles. The standard InChI is InChI=1S/C12H13NO7/c1-3-20-12(19)8-5(2)13-9(14)6(8)4-7(10(15)16)11(17)18/h4,13-14H,3H2,1-2H3,(H,15,16)(H,17,18). The van der Waals surface area contributed by atoms with E-state index in [-0.39, 0.29) is 23.4 Å². The molecule has 1 rings (SSSR count). The van der Waals surface area contributed by atoms with Crippen molar-refractivity contribution in [1.82, 2.24) is 4.98 Å². The van der Waals surface area contributed by atoms with Crippen LogP contribution in [-0.2, 0) is 14.3 Å². The van der Waals surface area contributed by atoms with Gasteiger partial charge in [-0.05, 0) is 19.9 Å². The number of aromatic nitrogens is 1. The van der Waals surface area contributed by atoms with Gasteiger partial charge in [-0.15, -0.1) is 0 Å². The average molecular weight is 283 g/mol. The first-order valence-corrected chi connectivity index (χ1v) is 5.56. The maximum Gasteiger partial charge on any atom is 0.343 e. The summed E-state index contributed by atoms with van der Waals surface area (Å²) >= 11 is 0. The number of carbonyl (C=O) groups excluding carboxylic acids is 1. The van der Waals surface area contributed by atoms with Crippen LogP contribution in [0.15, 0.2) is 5.57 Å². The van der Waals surface area contributed by atoms with Gasteiger partial charge in [0.1, 0.15) is 5.57 Å². The van der Waals surface area contributed by atoms with Gasteiger partial charge in [0.25, 0.3) is 0 Å². The Morgan fingerprint density at radius 1 is 1.25 bits per heavy atom. The zero-order chi connectivity index (χ0) is 15.4. The second kappa shape index (κ2) is 5.91. The molecule has 8 heteroatoms. The largest absolute Gasteiger partial charge is 0.494 e. The van der Waals surface area contributed by atoms with E-state index in [1.807, 2.05) is 0 Å². The van der Waals surface area contributed by atoms with Gasteiger partial charge in [0.2, 0.25) is 0 Å². The van der Waals surface area contributed by atoms with E-state index in [9.17, 15) is 19.5 Å². The molecule has 0 aliphatic heterocycles. The minimum atomic E-state index is -1.69. The molecule has 0 aliphatic carbocycles. The summed E-state index contributed by atoms with van der Waals surface area (Å²) in [5.74, 6) is -4.68. The number of aromatic amines is 1. The van der Waals surface area contributed by atoms with Crippen LogP contribution in [-0.4, -0.2) is 44.8 Å². The first kappa shape index (κ1) is 15.3. The van der Waals surface area contributed by atoms with Crippen molar-refractivity contribution in [3.05, 3.63) is 22.4 Å². The fourth-order valence-electron chi connectivity index (χ4n) is 1.59. The van der Waals surface area contributed by atoms with Crippen molar-refractivity contribution in [1.29, 1.82) is 0 Å².